The summed E-state index contributed by atoms with van der Waals surface area (Å²) in [4.78, 5) is 11.3. The maximum atomic E-state index is 5.63. The van der Waals surface area contributed by atoms with E-state index in [0.29, 0.717) is 5.88 Å². The van der Waals surface area contributed by atoms with E-state index in [-0.39, 0.29) is 6.10 Å². The summed E-state index contributed by atoms with van der Waals surface area (Å²) in [5.74, 6) is 3.35. The fraction of sp³-hybridized carbons (Fsp3) is 0.733. The van der Waals surface area contributed by atoms with Gasteiger partial charge in [-0.05, 0) is 38.5 Å². The zero-order valence-corrected chi connectivity index (χ0v) is 11.9. The molecule has 1 aliphatic carbocycles. The van der Waals surface area contributed by atoms with Crippen molar-refractivity contribution in [2.24, 2.45) is 11.8 Å². The molecule has 1 aromatic rings. The molecule has 2 aliphatic rings. The molecule has 0 spiro atoms. The molecule has 1 aromatic heterocycles. The molecule has 2 heterocycles. The van der Waals surface area contributed by atoms with E-state index in [4.69, 9.17) is 4.74 Å². The number of aromatic nitrogens is 2. The SMILES string of the molecule is CC(C)Oc1cncc(N2CC3CCCCC3C2)n1. The lowest BCUT2D eigenvalue weighted by molar-refractivity contribution is 0.231. The van der Waals surface area contributed by atoms with Crippen LogP contribution >= 0.6 is 0 Å². The molecule has 0 radical (unpaired) electrons. The number of anilines is 1. The Morgan fingerprint density at radius 2 is 1.84 bits per heavy atom. The topological polar surface area (TPSA) is 38.2 Å². The highest BCUT2D eigenvalue weighted by Crippen LogP contribution is 2.37. The van der Waals surface area contributed by atoms with Crippen LogP contribution in [0.1, 0.15) is 39.5 Å². The Balaban J connectivity index is 1.72. The first kappa shape index (κ1) is 12.7. The van der Waals surface area contributed by atoms with Crippen LogP contribution in [0.4, 0.5) is 5.82 Å². The van der Waals surface area contributed by atoms with E-state index >= 15 is 0 Å². The molecule has 1 saturated heterocycles. The average Bonchev–Trinajstić information content (AvgIpc) is 2.82. The van der Waals surface area contributed by atoms with E-state index in [0.717, 1.165) is 30.7 Å². The minimum absolute atomic E-state index is 0.144. The summed E-state index contributed by atoms with van der Waals surface area (Å²) in [5.41, 5.74) is 0. The Kier molecular flexibility index (Phi) is 3.58. The van der Waals surface area contributed by atoms with Gasteiger partial charge in [-0.25, -0.2) is 0 Å². The molecule has 0 bridgehead atoms. The number of rotatable bonds is 3. The Morgan fingerprint density at radius 3 is 2.47 bits per heavy atom. The number of ether oxygens (including phenoxy) is 1. The normalized spacial score (nSPS) is 26.6. The first-order valence-electron chi connectivity index (χ1n) is 7.46. The lowest BCUT2D eigenvalue weighted by Gasteiger charge is -2.22. The van der Waals surface area contributed by atoms with E-state index in [1.807, 2.05) is 20.0 Å². The molecule has 1 aliphatic heterocycles. The van der Waals surface area contributed by atoms with Gasteiger partial charge in [-0.2, -0.15) is 4.98 Å². The zero-order valence-electron chi connectivity index (χ0n) is 11.9. The number of hydrogen-bond donors (Lipinski definition) is 0. The van der Waals surface area contributed by atoms with Gasteiger partial charge in [-0.3, -0.25) is 4.98 Å². The van der Waals surface area contributed by atoms with Crippen LogP contribution in [0.5, 0.6) is 5.88 Å². The first-order valence-corrected chi connectivity index (χ1v) is 7.46. The first-order chi connectivity index (χ1) is 9.22. The van der Waals surface area contributed by atoms with Crippen LogP contribution in [-0.4, -0.2) is 29.2 Å². The summed E-state index contributed by atoms with van der Waals surface area (Å²) >= 11 is 0. The largest absolute Gasteiger partial charge is 0.474 e. The summed E-state index contributed by atoms with van der Waals surface area (Å²) in [6, 6.07) is 0. The zero-order chi connectivity index (χ0) is 13.2. The van der Waals surface area contributed by atoms with Gasteiger partial charge in [0.2, 0.25) is 5.88 Å². The predicted octanol–water partition coefficient (Wildman–Crippen LogP) is 2.89. The van der Waals surface area contributed by atoms with Gasteiger partial charge in [0.05, 0.1) is 18.5 Å². The lowest BCUT2D eigenvalue weighted by Crippen LogP contribution is -2.21. The van der Waals surface area contributed by atoms with Crippen LogP contribution in [0.3, 0.4) is 0 Å². The van der Waals surface area contributed by atoms with Gasteiger partial charge in [0.15, 0.2) is 5.82 Å². The van der Waals surface area contributed by atoms with Crippen molar-refractivity contribution in [1.29, 1.82) is 0 Å². The van der Waals surface area contributed by atoms with E-state index in [1.54, 1.807) is 6.20 Å². The lowest BCUT2D eigenvalue weighted by atomic mass is 9.82. The molecule has 19 heavy (non-hydrogen) atoms. The van der Waals surface area contributed by atoms with Crippen LogP contribution in [0.15, 0.2) is 12.4 Å². The van der Waals surface area contributed by atoms with Gasteiger partial charge in [0, 0.05) is 13.1 Å². The second kappa shape index (κ2) is 5.35. The number of hydrogen-bond acceptors (Lipinski definition) is 4. The van der Waals surface area contributed by atoms with Gasteiger partial charge >= 0.3 is 0 Å². The Labute approximate surface area is 115 Å². The highest BCUT2D eigenvalue weighted by molar-refractivity contribution is 5.39. The smallest absolute Gasteiger partial charge is 0.234 e. The van der Waals surface area contributed by atoms with Gasteiger partial charge in [0.25, 0.3) is 0 Å². The number of nitrogens with zero attached hydrogens (tertiary/aromatic N) is 3. The molecule has 1 saturated carbocycles. The summed E-state index contributed by atoms with van der Waals surface area (Å²) in [6.07, 6.45) is 9.28. The molecule has 2 atom stereocenters. The van der Waals surface area contributed by atoms with Gasteiger partial charge in [0.1, 0.15) is 0 Å². The molecular formula is C15H23N3O. The van der Waals surface area contributed by atoms with E-state index < -0.39 is 0 Å². The summed E-state index contributed by atoms with van der Waals surface area (Å²) in [5, 5.41) is 0. The number of fused-ring (bicyclic) bond motifs is 1. The van der Waals surface area contributed by atoms with Crippen LogP contribution in [0.2, 0.25) is 0 Å². The van der Waals surface area contributed by atoms with E-state index in [1.165, 1.54) is 25.7 Å². The monoisotopic (exact) mass is 261 g/mol. The third-order valence-corrected chi connectivity index (χ3v) is 4.26. The van der Waals surface area contributed by atoms with Crippen LogP contribution in [-0.2, 0) is 0 Å². The maximum absolute atomic E-state index is 5.63. The van der Waals surface area contributed by atoms with Crippen LogP contribution < -0.4 is 9.64 Å². The van der Waals surface area contributed by atoms with Crippen LogP contribution in [0, 0.1) is 11.8 Å². The Morgan fingerprint density at radius 1 is 1.16 bits per heavy atom. The molecular weight excluding hydrogens is 238 g/mol. The predicted molar refractivity (Wildman–Crippen MR) is 75.5 cm³/mol. The van der Waals surface area contributed by atoms with Crippen molar-refractivity contribution < 1.29 is 4.74 Å². The fourth-order valence-electron chi connectivity index (χ4n) is 3.38. The van der Waals surface area contributed by atoms with Crippen molar-refractivity contribution in [3.05, 3.63) is 12.4 Å². The van der Waals surface area contributed by atoms with Gasteiger partial charge in [-0.1, -0.05) is 12.8 Å². The molecule has 104 valence electrons. The van der Waals surface area contributed by atoms with Gasteiger partial charge < -0.3 is 9.64 Å². The molecule has 0 aromatic carbocycles. The second-order valence-electron chi connectivity index (χ2n) is 6.09. The van der Waals surface area contributed by atoms with Crippen molar-refractivity contribution in [1.82, 2.24) is 9.97 Å². The molecule has 4 heteroatoms. The van der Waals surface area contributed by atoms with E-state index in [2.05, 4.69) is 14.9 Å². The quantitative estimate of drug-likeness (QED) is 0.838. The Hall–Kier alpha value is -1.32. The van der Waals surface area contributed by atoms with Crippen molar-refractivity contribution >= 4 is 5.82 Å². The fourth-order valence-corrected chi connectivity index (χ4v) is 3.38. The molecule has 4 nitrogen and oxygen atoms in total. The van der Waals surface area contributed by atoms with Crippen LogP contribution in [0.25, 0.3) is 0 Å². The summed E-state index contributed by atoms with van der Waals surface area (Å²) in [7, 11) is 0. The maximum Gasteiger partial charge on any atom is 0.234 e. The van der Waals surface area contributed by atoms with Crippen molar-refractivity contribution in [2.75, 3.05) is 18.0 Å². The van der Waals surface area contributed by atoms with Gasteiger partial charge in [-0.15, -0.1) is 0 Å². The third-order valence-electron chi connectivity index (χ3n) is 4.26. The average molecular weight is 261 g/mol. The molecule has 0 N–H and O–H groups in total. The highest BCUT2D eigenvalue weighted by Gasteiger charge is 2.34. The molecule has 0 amide bonds. The highest BCUT2D eigenvalue weighted by atomic mass is 16.5. The standard InChI is InChI=1S/C15H23N3O/c1-11(2)19-15-8-16-7-14(17-15)18-9-12-5-3-4-6-13(12)10-18/h7-8,11-13H,3-6,9-10H2,1-2H3. The third kappa shape index (κ3) is 2.82. The molecule has 2 fully saturated rings. The minimum Gasteiger partial charge on any atom is -0.474 e. The second-order valence-corrected chi connectivity index (χ2v) is 6.09. The van der Waals surface area contributed by atoms with E-state index in [9.17, 15) is 0 Å². The molecule has 3 rings (SSSR count). The minimum atomic E-state index is 0.144. The summed E-state index contributed by atoms with van der Waals surface area (Å²) in [6.45, 7) is 6.31. The summed E-state index contributed by atoms with van der Waals surface area (Å²) < 4.78 is 5.63. The van der Waals surface area contributed by atoms with Crippen molar-refractivity contribution in [2.45, 2.75) is 45.6 Å². The van der Waals surface area contributed by atoms with Crippen molar-refractivity contribution in [3.8, 4) is 5.88 Å². The Bertz CT molecular complexity index is 421. The van der Waals surface area contributed by atoms with Crippen molar-refractivity contribution in [3.63, 3.8) is 0 Å². The molecule has 2 unspecified atom stereocenters.